The highest BCUT2D eigenvalue weighted by Gasteiger charge is 2.44. The monoisotopic (exact) mass is 295 g/mol. The van der Waals surface area contributed by atoms with Crippen molar-refractivity contribution in [1.82, 2.24) is 15.1 Å². The normalized spacial score (nSPS) is 30.4. The second-order valence-corrected chi connectivity index (χ2v) is 7.32. The van der Waals surface area contributed by atoms with Gasteiger partial charge in [-0.3, -0.25) is 10.1 Å². The Balaban J connectivity index is 2.12. The molecule has 0 radical (unpaired) electrons. The number of hydrogen-bond acceptors (Lipinski definition) is 3. The van der Waals surface area contributed by atoms with Gasteiger partial charge in [0.05, 0.1) is 12.2 Å². The first-order valence-corrected chi connectivity index (χ1v) is 8.68. The Kier molecular flexibility index (Phi) is 5.67. The molecule has 0 bridgehead atoms. The average Bonchev–Trinajstić information content (AvgIpc) is 3.07. The fraction of sp³-hybridized carbons (Fsp3) is 0.941. The number of amides is 1. The molecule has 0 aromatic rings. The van der Waals surface area contributed by atoms with Crippen molar-refractivity contribution in [2.75, 3.05) is 20.6 Å². The summed E-state index contributed by atoms with van der Waals surface area (Å²) >= 11 is 0. The maximum Gasteiger partial charge on any atom is 0.241 e. The van der Waals surface area contributed by atoms with E-state index in [1.165, 1.54) is 25.7 Å². The molecule has 0 spiro atoms. The average molecular weight is 295 g/mol. The Labute approximate surface area is 130 Å². The van der Waals surface area contributed by atoms with Gasteiger partial charge in [-0.25, -0.2) is 0 Å². The Morgan fingerprint density at radius 1 is 1.29 bits per heavy atom. The fourth-order valence-electron chi connectivity index (χ4n) is 3.62. The number of carbonyl (C=O) groups is 1. The predicted molar refractivity (Wildman–Crippen MR) is 87.0 cm³/mol. The third-order valence-corrected chi connectivity index (χ3v) is 5.64. The van der Waals surface area contributed by atoms with Crippen molar-refractivity contribution in [3.05, 3.63) is 0 Å². The molecule has 2 aliphatic rings. The Bertz CT molecular complexity index is 352. The molecule has 4 heteroatoms. The number of likely N-dealkylation sites (N-methyl/N-ethyl adjacent to an activating group) is 1. The van der Waals surface area contributed by atoms with Crippen molar-refractivity contribution < 1.29 is 4.79 Å². The molecular formula is C17H33N3O. The van der Waals surface area contributed by atoms with E-state index >= 15 is 0 Å². The van der Waals surface area contributed by atoms with Crippen molar-refractivity contribution in [2.45, 2.75) is 71.1 Å². The molecule has 4 unspecified atom stereocenters. The Morgan fingerprint density at radius 3 is 2.43 bits per heavy atom. The topological polar surface area (TPSA) is 35.6 Å². The highest BCUT2D eigenvalue weighted by atomic mass is 16.2. The Hall–Kier alpha value is -0.610. The van der Waals surface area contributed by atoms with Crippen LogP contribution in [-0.2, 0) is 4.79 Å². The van der Waals surface area contributed by atoms with Gasteiger partial charge in [0.2, 0.25) is 5.91 Å². The lowest BCUT2D eigenvalue weighted by molar-refractivity contribution is -0.132. The third kappa shape index (κ3) is 3.59. The lowest BCUT2D eigenvalue weighted by Gasteiger charge is -2.33. The smallest absolute Gasteiger partial charge is 0.241 e. The Morgan fingerprint density at radius 2 is 1.90 bits per heavy atom. The van der Waals surface area contributed by atoms with Crippen molar-refractivity contribution in [3.8, 4) is 0 Å². The number of nitrogens with one attached hydrogen (secondary N) is 1. The summed E-state index contributed by atoms with van der Waals surface area (Å²) in [5.41, 5.74) is 0. The van der Waals surface area contributed by atoms with Gasteiger partial charge in [-0.05, 0) is 45.7 Å². The summed E-state index contributed by atoms with van der Waals surface area (Å²) in [7, 11) is 4.19. The van der Waals surface area contributed by atoms with Gasteiger partial charge in [-0.1, -0.05) is 33.1 Å². The minimum Gasteiger partial charge on any atom is -0.324 e. The third-order valence-electron chi connectivity index (χ3n) is 5.64. The molecule has 1 saturated carbocycles. The molecule has 1 N–H and O–H groups in total. The highest BCUT2D eigenvalue weighted by Crippen LogP contribution is 2.33. The van der Waals surface area contributed by atoms with E-state index in [1.54, 1.807) is 0 Å². The fourth-order valence-corrected chi connectivity index (χ4v) is 3.62. The van der Waals surface area contributed by atoms with Gasteiger partial charge in [0.1, 0.15) is 0 Å². The first kappa shape index (κ1) is 16.8. The van der Waals surface area contributed by atoms with Gasteiger partial charge in [-0.2, -0.15) is 0 Å². The molecule has 1 aliphatic heterocycles. The number of nitrogens with zero attached hydrogens (tertiary/aromatic N) is 2. The van der Waals surface area contributed by atoms with Gasteiger partial charge in [-0.15, -0.1) is 0 Å². The molecule has 1 amide bonds. The van der Waals surface area contributed by atoms with E-state index < -0.39 is 0 Å². The number of hydrogen-bond donors (Lipinski definition) is 1. The van der Waals surface area contributed by atoms with Gasteiger partial charge in [0, 0.05) is 12.6 Å². The van der Waals surface area contributed by atoms with Crippen LogP contribution in [0, 0.1) is 11.8 Å². The van der Waals surface area contributed by atoms with E-state index in [0.717, 1.165) is 13.0 Å². The summed E-state index contributed by atoms with van der Waals surface area (Å²) in [6.45, 7) is 7.41. The van der Waals surface area contributed by atoms with Crippen LogP contribution in [-0.4, -0.2) is 54.6 Å². The summed E-state index contributed by atoms with van der Waals surface area (Å²) in [5, 5.41) is 3.69. The zero-order valence-electron chi connectivity index (χ0n) is 14.4. The summed E-state index contributed by atoms with van der Waals surface area (Å²) in [4.78, 5) is 17.2. The van der Waals surface area contributed by atoms with Crippen LogP contribution in [0.2, 0.25) is 0 Å². The molecule has 4 atom stereocenters. The molecule has 4 nitrogen and oxygen atoms in total. The minimum absolute atomic E-state index is 0.0231. The van der Waals surface area contributed by atoms with Crippen LogP contribution in [0.3, 0.4) is 0 Å². The first-order chi connectivity index (χ1) is 9.95. The maximum atomic E-state index is 12.9. The molecule has 122 valence electrons. The highest BCUT2D eigenvalue weighted by molar-refractivity contribution is 5.84. The van der Waals surface area contributed by atoms with E-state index in [0.29, 0.717) is 23.8 Å². The standard InChI is InChI=1S/C17H33N3O/c1-6-12(2)15-17(21)20(11-13(3)19(4)5)16(18-15)14-9-7-8-10-14/h12-16,18H,6-11H2,1-5H3. The molecule has 0 aromatic heterocycles. The number of rotatable bonds is 6. The van der Waals surface area contributed by atoms with E-state index in [2.05, 4.69) is 50.0 Å². The van der Waals surface area contributed by atoms with Gasteiger partial charge >= 0.3 is 0 Å². The van der Waals surface area contributed by atoms with Crippen LogP contribution in [0.15, 0.2) is 0 Å². The van der Waals surface area contributed by atoms with Crippen LogP contribution < -0.4 is 5.32 Å². The largest absolute Gasteiger partial charge is 0.324 e. The summed E-state index contributed by atoms with van der Waals surface area (Å²) in [6.07, 6.45) is 6.50. The molecular weight excluding hydrogens is 262 g/mol. The zero-order chi connectivity index (χ0) is 15.6. The van der Waals surface area contributed by atoms with Gasteiger partial charge in [0.15, 0.2) is 0 Å². The predicted octanol–water partition coefficient (Wildman–Crippen LogP) is 2.30. The molecule has 2 rings (SSSR count). The van der Waals surface area contributed by atoms with Crippen molar-refractivity contribution in [1.29, 1.82) is 0 Å². The van der Waals surface area contributed by atoms with Crippen LogP contribution in [0.5, 0.6) is 0 Å². The summed E-state index contributed by atoms with van der Waals surface area (Å²) < 4.78 is 0. The summed E-state index contributed by atoms with van der Waals surface area (Å²) in [6, 6.07) is 0.422. The van der Waals surface area contributed by atoms with E-state index in [9.17, 15) is 4.79 Å². The molecule has 0 aromatic carbocycles. The second-order valence-electron chi connectivity index (χ2n) is 7.32. The molecule has 2 fully saturated rings. The zero-order valence-corrected chi connectivity index (χ0v) is 14.4. The molecule has 21 heavy (non-hydrogen) atoms. The number of carbonyl (C=O) groups excluding carboxylic acids is 1. The SMILES string of the molecule is CCC(C)C1NC(C2CCCC2)N(CC(C)N(C)C)C1=O. The van der Waals surface area contributed by atoms with E-state index in [4.69, 9.17) is 0 Å². The second kappa shape index (κ2) is 7.10. The van der Waals surface area contributed by atoms with Gasteiger partial charge in [0.25, 0.3) is 0 Å². The summed E-state index contributed by atoms with van der Waals surface area (Å²) in [5.74, 6) is 1.40. The minimum atomic E-state index is 0.0231. The molecule has 1 aliphatic carbocycles. The lowest BCUT2D eigenvalue weighted by atomic mass is 9.99. The van der Waals surface area contributed by atoms with Crippen molar-refractivity contribution in [2.24, 2.45) is 11.8 Å². The molecule has 1 saturated heterocycles. The van der Waals surface area contributed by atoms with Gasteiger partial charge < -0.3 is 9.80 Å². The van der Waals surface area contributed by atoms with Crippen molar-refractivity contribution in [3.63, 3.8) is 0 Å². The lowest BCUT2D eigenvalue weighted by Crippen LogP contribution is -2.47. The molecule has 1 heterocycles. The van der Waals surface area contributed by atoms with Crippen LogP contribution in [0.25, 0.3) is 0 Å². The van der Waals surface area contributed by atoms with Crippen LogP contribution in [0.4, 0.5) is 0 Å². The van der Waals surface area contributed by atoms with Crippen LogP contribution in [0.1, 0.15) is 52.9 Å². The maximum absolute atomic E-state index is 12.9. The van der Waals surface area contributed by atoms with E-state index in [1.807, 2.05) is 0 Å². The quantitative estimate of drug-likeness (QED) is 0.817. The van der Waals surface area contributed by atoms with E-state index in [-0.39, 0.29) is 12.2 Å². The van der Waals surface area contributed by atoms with Crippen molar-refractivity contribution >= 4 is 5.91 Å². The first-order valence-electron chi connectivity index (χ1n) is 8.68. The van der Waals surface area contributed by atoms with Crippen LogP contribution >= 0.6 is 0 Å².